The van der Waals surface area contributed by atoms with Gasteiger partial charge in [0.15, 0.2) is 0 Å². The van der Waals surface area contributed by atoms with E-state index in [1.54, 1.807) is 18.2 Å². The minimum Gasteiger partial charge on any atom is -0.507 e. The second kappa shape index (κ2) is 4.10. The smallest absolute Gasteiger partial charge is 0.332 e. The fraction of sp³-hybridized carbons (Fsp3) is 0. The number of para-hydroxylation sites is 1. The molecule has 0 aliphatic carbocycles. The van der Waals surface area contributed by atoms with Crippen molar-refractivity contribution in [2.75, 3.05) is 0 Å². The van der Waals surface area contributed by atoms with Crippen LogP contribution in [0, 0.1) is 0 Å². The van der Waals surface area contributed by atoms with Gasteiger partial charge in [-0.05, 0) is 12.1 Å². The summed E-state index contributed by atoms with van der Waals surface area (Å²) >= 11 is 0. The molecule has 1 aromatic rings. The molecule has 0 radical (unpaired) electrons. The highest BCUT2D eigenvalue weighted by atomic mass is 16.3. The number of phenols is 1. The number of benzene rings is 1. The molecule has 0 heterocycles. The lowest BCUT2D eigenvalue weighted by atomic mass is 10.2. The van der Waals surface area contributed by atoms with Crippen LogP contribution in [0.1, 0.15) is 5.56 Å². The number of nitrogens with zero attached hydrogens (tertiary/aromatic N) is 1. The van der Waals surface area contributed by atoms with E-state index in [9.17, 15) is 9.90 Å². The van der Waals surface area contributed by atoms with E-state index < -0.39 is 6.03 Å². The Hall–Kier alpha value is -2.04. The van der Waals surface area contributed by atoms with E-state index in [-0.39, 0.29) is 5.75 Å². The third-order valence-electron chi connectivity index (χ3n) is 1.32. The van der Waals surface area contributed by atoms with Crippen molar-refractivity contribution in [3.05, 3.63) is 29.8 Å². The van der Waals surface area contributed by atoms with Crippen molar-refractivity contribution in [1.82, 2.24) is 5.43 Å². The number of hydrogen-bond acceptors (Lipinski definition) is 3. The third-order valence-corrected chi connectivity index (χ3v) is 1.32. The predicted octanol–water partition coefficient (Wildman–Crippen LogP) is 0.394. The van der Waals surface area contributed by atoms with Gasteiger partial charge in [0.2, 0.25) is 0 Å². The number of phenolic OH excluding ortho intramolecular Hbond substituents is 1. The number of amides is 2. The van der Waals surface area contributed by atoms with E-state index in [4.69, 9.17) is 5.73 Å². The molecule has 0 spiro atoms. The molecular formula is C8H9N3O2. The van der Waals surface area contributed by atoms with Crippen LogP contribution in [0.3, 0.4) is 0 Å². The van der Waals surface area contributed by atoms with Crippen LogP contribution in [0.2, 0.25) is 0 Å². The summed E-state index contributed by atoms with van der Waals surface area (Å²) in [5.41, 5.74) is 7.30. The standard InChI is InChI=1S/C8H9N3O2/c9-8(13)11-10-5-6-3-1-2-4-7(6)12/h1-5,12H,(H3,9,11,13). The summed E-state index contributed by atoms with van der Waals surface area (Å²) in [5.74, 6) is 0.0949. The number of primary amides is 1. The lowest BCUT2D eigenvalue weighted by molar-refractivity contribution is 0.249. The lowest BCUT2D eigenvalue weighted by Gasteiger charge is -1.96. The maximum Gasteiger partial charge on any atom is 0.332 e. The van der Waals surface area contributed by atoms with E-state index in [1.165, 1.54) is 12.3 Å². The van der Waals surface area contributed by atoms with Gasteiger partial charge in [0.25, 0.3) is 0 Å². The molecule has 0 aliphatic heterocycles. The minimum atomic E-state index is -0.744. The van der Waals surface area contributed by atoms with Gasteiger partial charge in [0.05, 0.1) is 6.21 Å². The fourth-order valence-electron chi connectivity index (χ4n) is 0.762. The average Bonchev–Trinajstić information content (AvgIpc) is 2.08. The molecule has 0 saturated heterocycles. The minimum absolute atomic E-state index is 0.0949. The Morgan fingerprint density at radius 1 is 1.54 bits per heavy atom. The molecule has 68 valence electrons. The normalized spacial score (nSPS) is 10.2. The molecule has 0 aliphatic rings. The number of rotatable bonds is 2. The molecule has 0 saturated carbocycles. The Kier molecular flexibility index (Phi) is 2.86. The number of nitrogens with two attached hydrogens (primary N) is 1. The third kappa shape index (κ3) is 2.82. The molecule has 13 heavy (non-hydrogen) atoms. The zero-order valence-corrected chi connectivity index (χ0v) is 6.77. The first kappa shape index (κ1) is 9.05. The number of urea groups is 1. The van der Waals surface area contributed by atoms with Crippen LogP contribution >= 0.6 is 0 Å². The van der Waals surface area contributed by atoms with Crippen LogP contribution in [-0.4, -0.2) is 17.4 Å². The molecule has 2 amide bonds. The zero-order valence-electron chi connectivity index (χ0n) is 6.77. The van der Waals surface area contributed by atoms with Crippen molar-refractivity contribution < 1.29 is 9.90 Å². The Morgan fingerprint density at radius 3 is 2.85 bits per heavy atom. The molecule has 5 nitrogen and oxygen atoms in total. The van der Waals surface area contributed by atoms with Crippen molar-refractivity contribution in [2.24, 2.45) is 10.8 Å². The van der Waals surface area contributed by atoms with Crippen LogP contribution in [-0.2, 0) is 0 Å². The molecule has 0 bridgehead atoms. The largest absolute Gasteiger partial charge is 0.507 e. The van der Waals surface area contributed by atoms with Gasteiger partial charge in [0, 0.05) is 5.56 Å². The number of aromatic hydroxyl groups is 1. The van der Waals surface area contributed by atoms with Crippen molar-refractivity contribution >= 4 is 12.2 Å². The summed E-state index contributed by atoms with van der Waals surface area (Å²) in [7, 11) is 0. The highest BCUT2D eigenvalue weighted by Crippen LogP contribution is 2.12. The molecule has 0 unspecified atom stereocenters. The van der Waals surface area contributed by atoms with Gasteiger partial charge in [-0.25, -0.2) is 10.2 Å². The summed E-state index contributed by atoms with van der Waals surface area (Å²) < 4.78 is 0. The second-order valence-electron chi connectivity index (χ2n) is 2.29. The van der Waals surface area contributed by atoms with Crippen LogP contribution < -0.4 is 11.2 Å². The van der Waals surface area contributed by atoms with Gasteiger partial charge in [-0.3, -0.25) is 0 Å². The van der Waals surface area contributed by atoms with Crippen molar-refractivity contribution in [3.63, 3.8) is 0 Å². The second-order valence-corrected chi connectivity index (χ2v) is 2.29. The first-order chi connectivity index (χ1) is 6.20. The number of carbonyl (C=O) groups excluding carboxylic acids is 1. The van der Waals surface area contributed by atoms with Gasteiger partial charge in [-0.15, -0.1) is 0 Å². The summed E-state index contributed by atoms with van der Waals surface area (Å²) in [6.07, 6.45) is 1.31. The van der Waals surface area contributed by atoms with Gasteiger partial charge < -0.3 is 10.8 Å². The number of hydrazone groups is 1. The van der Waals surface area contributed by atoms with Gasteiger partial charge in [0.1, 0.15) is 5.75 Å². The highest BCUT2D eigenvalue weighted by Gasteiger charge is 1.94. The number of carbonyl (C=O) groups is 1. The van der Waals surface area contributed by atoms with Gasteiger partial charge in [-0.2, -0.15) is 5.10 Å². The van der Waals surface area contributed by atoms with Gasteiger partial charge >= 0.3 is 6.03 Å². The molecule has 0 aromatic heterocycles. The highest BCUT2D eigenvalue weighted by molar-refractivity contribution is 5.84. The molecule has 0 fully saturated rings. The molecule has 1 aromatic carbocycles. The van der Waals surface area contributed by atoms with Crippen LogP contribution in [0.5, 0.6) is 5.75 Å². The maximum atomic E-state index is 10.2. The molecule has 0 atom stereocenters. The maximum absolute atomic E-state index is 10.2. The topological polar surface area (TPSA) is 87.7 Å². The van der Waals surface area contributed by atoms with E-state index in [2.05, 4.69) is 5.10 Å². The summed E-state index contributed by atoms with van der Waals surface area (Å²) in [5, 5.41) is 12.7. The Bertz CT molecular complexity index is 336. The summed E-state index contributed by atoms with van der Waals surface area (Å²) in [6.45, 7) is 0. The first-order valence-corrected chi connectivity index (χ1v) is 3.56. The summed E-state index contributed by atoms with van der Waals surface area (Å²) in [6, 6.07) is 5.86. The first-order valence-electron chi connectivity index (χ1n) is 3.56. The lowest BCUT2D eigenvalue weighted by Crippen LogP contribution is -2.24. The quantitative estimate of drug-likeness (QED) is 0.453. The number of hydrogen-bond donors (Lipinski definition) is 3. The van der Waals surface area contributed by atoms with Crippen molar-refractivity contribution in [2.45, 2.75) is 0 Å². The molecule has 1 rings (SSSR count). The summed E-state index contributed by atoms with van der Waals surface area (Å²) in [4.78, 5) is 10.2. The van der Waals surface area contributed by atoms with Crippen LogP contribution in [0.4, 0.5) is 4.79 Å². The van der Waals surface area contributed by atoms with Crippen LogP contribution in [0.25, 0.3) is 0 Å². The van der Waals surface area contributed by atoms with Crippen molar-refractivity contribution in [1.29, 1.82) is 0 Å². The fourth-order valence-corrected chi connectivity index (χ4v) is 0.762. The van der Waals surface area contributed by atoms with E-state index in [0.29, 0.717) is 5.56 Å². The Morgan fingerprint density at radius 2 is 2.23 bits per heavy atom. The molecule has 5 heteroatoms. The van der Waals surface area contributed by atoms with E-state index in [1.807, 2.05) is 5.43 Å². The predicted molar refractivity (Wildman–Crippen MR) is 48.4 cm³/mol. The van der Waals surface area contributed by atoms with E-state index in [0.717, 1.165) is 0 Å². The van der Waals surface area contributed by atoms with Crippen LogP contribution in [0.15, 0.2) is 29.4 Å². The SMILES string of the molecule is NC(=O)NN=Cc1ccccc1O. The number of nitrogens with one attached hydrogen (secondary N) is 1. The Balaban J connectivity index is 2.68. The molecule has 4 N–H and O–H groups in total. The monoisotopic (exact) mass is 179 g/mol. The van der Waals surface area contributed by atoms with Crippen molar-refractivity contribution in [3.8, 4) is 5.75 Å². The zero-order chi connectivity index (χ0) is 9.68. The molecular weight excluding hydrogens is 170 g/mol. The Labute approximate surface area is 74.9 Å². The average molecular weight is 179 g/mol. The van der Waals surface area contributed by atoms with E-state index >= 15 is 0 Å². The van der Waals surface area contributed by atoms with Gasteiger partial charge in [-0.1, -0.05) is 12.1 Å².